The average molecular weight is 233 g/mol. The van der Waals surface area contributed by atoms with Crippen LogP contribution in [0.4, 0.5) is 0 Å². The zero-order chi connectivity index (χ0) is 11.4. The molecule has 0 spiro atoms. The summed E-state index contributed by atoms with van der Waals surface area (Å²) in [7, 11) is 0. The van der Waals surface area contributed by atoms with E-state index in [0.717, 1.165) is 0 Å². The Balaban J connectivity index is 2.78. The number of halogens is 1. The second kappa shape index (κ2) is 4.79. The van der Waals surface area contributed by atoms with Gasteiger partial charge in [0.15, 0.2) is 0 Å². The van der Waals surface area contributed by atoms with E-state index in [4.69, 9.17) is 16.7 Å². The fraction of sp³-hybridized carbons (Fsp3) is 0.375. The number of carboxylic acid groups (broad SMARTS) is 1. The average Bonchev–Trinajstić information content (AvgIpc) is 2.13. The summed E-state index contributed by atoms with van der Waals surface area (Å²) in [4.78, 5) is 34.3. The maximum Gasteiger partial charge on any atom is 0.328 e. The van der Waals surface area contributed by atoms with E-state index in [1.807, 2.05) is 4.98 Å². The molecule has 2 N–H and O–H groups in total. The van der Waals surface area contributed by atoms with Crippen LogP contribution in [0, 0.1) is 0 Å². The zero-order valence-electron chi connectivity index (χ0n) is 7.70. The fourth-order valence-electron chi connectivity index (χ4n) is 1.05. The second-order valence-corrected chi connectivity index (χ2v) is 3.33. The smallest absolute Gasteiger partial charge is 0.328 e. The standard InChI is InChI=1S/C8H9ClN2O4/c9-5-4-11(3-1-2-6(12)13)8(15)10-7(5)14/h4H,1-3H2,(H,12,13)(H,10,14,15). The quantitative estimate of drug-likeness (QED) is 0.768. The van der Waals surface area contributed by atoms with Gasteiger partial charge in [0, 0.05) is 19.2 Å². The number of nitrogens with one attached hydrogen (secondary N) is 1. The van der Waals surface area contributed by atoms with Crippen LogP contribution in [0.2, 0.25) is 5.02 Å². The predicted octanol–water partition coefficient (Wildman–Crippen LogP) is 0.0548. The molecule has 0 saturated carbocycles. The lowest BCUT2D eigenvalue weighted by atomic mass is 10.3. The molecule has 0 amide bonds. The SMILES string of the molecule is O=C(O)CCCn1cc(Cl)c(=O)[nH]c1=O. The number of carbonyl (C=O) groups is 1. The molecular formula is C8H9ClN2O4. The maximum absolute atomic E-state index is 11.2. The number of hydrogen-bond donors (Lipinski definition) is 2. The number of nitrogens with zero attached hydrogens (tertiary/aromatic N) is 1. The Labute approximate surface area is 89.1 Å². The van der Waals surface area contributed by atoms with E-state index in [1.54, 1.807) is 0 Å². The highest BCUT2D eigenvalue weighted by atomic mass is 35.5. The highest BCUT2D eigenvalue weighted by Gasteiger charge is 2.03. The number of H-pyrrole nitrogens is 1. The molecule has 0 radical (unpaired) electrons. The van der Waals surface area contributed by atoms with Gasteiger partial charge < -0.3 is 5.11 Å². The number of aryl methyl sites for hydroxylation is 1. The molecule has 15 heavy (non-hydrogen) atoms. The molecule has 0 aliphatic rings. The van der Waals surface area contributed by atoms with Crippen LogP contribution in [0.5, 0.6) is 0 Å². The van der Waals surface area contributed by atoms with Crippen LogP contribution in [-0.2, 0) is 11.3 Å². The monoisotopic (exact) mass is 232 g/mol. The van der Waals surface area contributed by atoms with Crippen molar-refractivity contribution in [3.05, 3.63) is 32.1 Å². The van der Waals surface area contributed by atoms with Crippen LogP contribution >= 0.6 is 11.6 Å². The molecule has 1 aromatic rings. The molecule has 0 saturated heterocycles. The third-order valence-electron chi connectivity index (χ3n) is 1.76. The van der Waals surface area contributed by atoms with Crippen molar-refractivity contribution in [1.29, 1.82) is 0 Å². The molecule has 0 bridgehead atoms. The molecule has 0 atom stereocenters. The second-order valence-electron chi connectivity index (χ2n) is 2.93. The summed E-state index contributed by atoms with van der Waals surface area (Å²) in [5, 5.41) is 8.30. The summed E-state index contributed by atoms with van der Waals surface area (Å²) in [5.41, 5.74) is -1.23. The minimum absolute atomic E-state index is 0.0385. The summed E-state index contributed by atoms with van der Waals surface area (Å²) in [6.45, 7) is 0.210. The van der Waals surface area contributed by atoms with Crippen molar-refractivity contribution in [3.8, 4) is 0 Å². The number of carboxylic acids is 1. The molecular weight excluding hydrogens is 224 g/mol. The summed E-state index contributed by atoms with van der Waals surface area (Å²) in [5.74, 6) is -0.932. The molecule has 7 heteroatoms. The van der Waals surface area contributed by atoms with Crippen LogP contribution in [0.25, 0.3) is 0 Å². The molecule has 1 heterocycles. The normalized spacial score (nSPS) is 10.2. The minimum atomic E-state index is -0.932. The maximum atomic E-state index is 11.2. The Kier molecular flexibility index (Phi) is 3.68. The molecule has 1 rings (SSSR count). The first-order valence-electron chi connectivity index (χ1n) is 4.22. The van der Waals surface area contributed by atoms with Gasteiger partial charge >= 0.3 is 11.7 Å². The third kappa shape index (κ3) is 3.25. The molecule has 82 valence electrons. The third-order valence-corrected chi connectivity index (χ3v) is 2.03. The van der Waals surface area contributed by atoms with E-state index < -0.39 is 17.2 Å². The van der Waals surface area contributed by atoms with E-state index >= 15 is 0 Å². The Hall–Kier alpha value is -1.56. The Bertz CT molecular complexity index is 476. The zero-order valence-corrected chi connectivity index (χ0v) is 8.45. The van der Waals surface area contributed by atoms with Crippen molar-refractivity contribution in [2.75, 3.05) is 0 Å². The van der Waals surface area contributed by atoms with Gasteiger partial charge in [0.1, 0.15) is 5.02 Å². The summed E-state index contributed by atoms with van der Waals surface area (Å²) >= 11 is 5.51. The molecule has 0 aliphatic carbocycles. The van der Waals surface area contributed by atoms with Crippen molar-refractivity contribution in [1.82, 2.24) is 9.55 Å². The molecule has 0 aliphatic heterocycles. The number of rotatable bonds is 4. The first-order chi connectivity index (χ1) is 7.00. The van der Waals surface area contributed by atoms with Gasteiger partial charge in [0.25, 0.3) is 5.56 Å². The van der Waals surface area contributed by atoms with Crippen molar-refractivity contribution in [2.24, 2.45) is 0 Å². The predicted molar refractivity (Wildman–Crippen MR) is 53.2 cm³/mol. The molecule has 1 aromatic heterocycles. The summed E-state index contributed by atoms with van der Waals surface area (Å²) in [6.07, 6.45) is 1.46. The van der Waals surface area contributed by atoms with E-state index in [2.05, 4.69) is 0 Å². The Morgan fingerprint density at radius 2 is 2.20 bits per heavy atom. The van der Waals surface area contributed by atoms with Gasteiger partial charge in [0.2, 0.25) is 0 Å². The van der Waals surface area contributed by atoms with Gasteiger partial charge in [-0.25, -0.2) is 4.79 Å². The van der Waals surface area contributed by atoms with Gasteiger partial charge in [-0.1, -0.05) is 11.6 Å². The van der Waals surface area contributed by atoms with Crippen LogP contribution < -0.4 is 11.2 Å². The summed E-state index contributed by atoms with van der Waals surface area (Å²) < 4.78 is 1.17. The molecule has 6 nitrogen and oxygen atoms in total. The first kappa shape index (κ1) is 11.5. The number of hydrogen-bond acceptors (Lipinski definition) is 3. The van der Waals surface area contributed by atoms with Crippen molar-refractivity contribution in [3.63, 3.8) is 0 Å². The van der Waals surface area contributed by atoms with Gasteiger partial charge in [-0.05, 0) is 6.42 Å². The highest BCUT2D eigenvalue weighted by molar-refractivity contribution is 6.30. The summed E-state index contributed by atoms with van der Waals surface area (Å²) in [6, 6.07) is 0. The lowest BCUT2D eigenvalue weighted by Crippen LogP contribution is -2.29. The number of aliphatic carboxylic acids is 1. The molecule has 0 aromatic carbocycles. The van der Waals surface area contributed by atoms with Crippen LogP contribution in [-0.4, -0.2) is 20.6 Å². The van der Waals surface area contributed by atoms with E-state index in [1.165, 1.54) is 10.8 Å². The first-order valence-corrected chi connectivity index (χ1v) is 4.59. The van der Waals surface area contributed by atoms with Gasteiger partial charge in [-0.2, -0.15) is 0 Å². The van der Waals surface area contributed by atoms with Crippen molar-refractivity contribution >= 4 is 17.6 Å². The van der Waals surface area contributed by atoms with Crippen LogP contribution in [0.15, 0.2) is 15.8 Å². The lowest BCUT2D eigenvalue weighted by Gasteiger charge is -2.03. The van der Waals surface area contributed by atoms with Gasteiger partial charge in [-0.3, -0.25) is 19.1 Å². The van der Waals surface area contributed by atoms with E-state index in [0.29, 0.717) is 6.42 Å². The number of aromatic nitrogens is 2. The Morgan fingerprint density at radius 1 is 1.53 bits per heavy atom. The van der Waals surface area contributed by atoms with Crippen LogP contribution in [0.1, 0.15) is 12.8 Å². The molecule has 0 fully saturated rings. The number of aromatic amines is 1. The van der Waals surface area contributed by atoms with Crippen LogP contribution in [0.3, 0.4) is 0 Å². The highest BCUT2D eigenvalue weighted by Crippen LogP contribution is 1.98. The van der Waals surface area contributed by atoms with Crippen molar-refractivity contribution < 1.29 is 9.90 Å². The fourth-order valence-corrected chi connectivity index (χ4v) is 1.21. The van der Waals surface area contributed by atoms with E-state index in [-0.39, 0.29) is 18.0 Å². The topological polar surface area (TPSA) is 92.2 Å². The molecule has 0 unspecified atom stereocenters. The largest absolute Gasteiger partial charge is 0.481 e. The van der Waals surface area contributed by atoms with Gasteiger partial charge in [-0.15, -0.1) is 0 Å². The van der Waals surface area contributed by atoms with Gasteiger partial charge in [0.05, 0.1) is 0 Å². The Morgan fingerprint density at radius 3 is 2.80 bits per heavy atom. The van der Waals surface area contributed by atoms with Crippen molar-refractivity contribution in [2.45, 2.75) is 19.4 Å². The lowest BCUT2D eigenvalue weighted by molar-refractivity contribution is -0.137. The van der Waals surface area contributed by atoms with E-state index in [9.17, 15) is 14.4 Å². The minimum Gasteiger partial charge on any atom is -0.481 e.